The number of hydrogen-bond acceptors (Lipinski definition) is 4. The summed E-state index contributed by atoms with van der Waals surface area (Å²) in [6.45, 7) is 13.7. The first-order chi connectivity index (χ1) is 14.5. The monoisotopic (exact) mass is 416 g/mol. The van der Waals surface area contributed by atoms with Crippen LogP contribution in [0.1, 0.15) is 79.1 Å². The molecule has 0 aromatic rings. The van der Waals surface area contributed by atoms with Crippen LogP contribution in [-0.2, 0) is 9.57 Å². The van der Waals surface area contributed by atoms with E-state index in [9.17, 15) is 0 Å². The van der Waals surface area contributed by atoms with E-state index in [4.69, 9.17) is 9.57 Å². The average Bonchev–Trinajstić information content (AvgIpc) is 3.08. The Kier molecular flexibility index (Phi) is 6.65. The first kappa shape index (κ1) is 22.3. The second-order valence-corrected chi connectivity index (χ2v) is 10.7. The van der Waals surface area contributed by atoms with Gasteiger partial charge in [-0.15, -0.1) is 0 Å². The van der Waals surface area contributed by atoms with Crippen LogP contribution >= 0.6 is 0 Å². The second-order valence-electron chi connectivity index (χ2n) is 10.7. The van der Waals surface area contributed by atoms with Crippen LogP contribution in [0.5, 0.6) is 0 Å². The molecule has 0 heterocycles. The lowest BCUT2D eigenvalue weighted by molar-refractivity contribution is -0.0392. The summed E-state index contributed by atoms with van der Waals surface area (Å²) in [5, 5.41) is 4.46. The first-order valence-electron chi connectivity index (χ1n) is 12.6. The van der Waals surface area contributed by atoms with E-state index in [1.54, 1.807) is 12.7 Å². The molecule has 4 heteroatoms. The summed E-state index contributed by atoms with van der Waals surface area (Å²) < 4.78 is 6.36. The molecular formula is C26H44N2O2. The number of rotatable bonds is 7. The molecule has 3 saturated carbocycles. The largest absolute Gasteiger partial charge is 0.399 e. The van der Waals surface area contributed by atoms with Gasteiger partial charge in [-0.25, -0.2) is 0 Å². The van der Waals surface area contributed by atoms with Gasteiger partial charge in [-0.05, 0) is 87.6 Å². The molecule has 0 N–H and O–H groups in total. The van der Waals surface area contributed by atoms with E-state index < -0.39 is 0 Å². The molecule has 0 bridgehead atoms. The maximum absolute atomic E-state index is 6.36. The highest BCUT2D eigenvalue weighted by molar-refractivity contribution is 5.92. The summed E-state index contributed by atoms with van der Waals surface area (Å²) in [5.41, 5.74) is 3.71. The van der Waals surface area contributed by atoms with Crippen LogP contribution in [0, 0.1) is 28.6 Å². The fourth-order valence-electron chi connectivity index (χ4n) is 7.71. The summed E-state index contributed by atoms with van der Waals surface area (Å²) in [6.07, 6.45) is 13.1. The van der Waals surface area contributed by atoms with Crippen LogP contribution in [0.3, 0.4) is 0 Å². The average molecular weight is 417 g/mol. The van der Waals surface area contributed by atoms with Crippen LogP contribution in [-0.4, -0.2) is 50.1 Å². The van der Waals surface area contributed by atoms with Crippen molar-refractivity contribution in [2.75, 3.05) is 33.4 Å². The molecule has 4 nitrogen and oxygen atoms in total. The Morgan fingerprint density at radius 3 is 2.53 bits per heavy atom. The van der Waals surface area contributed by atoms with Gasteiger partial charge in [0.05, 0.1) is 18.4 Å². The van der Waals surface area contributed by atoms with Crippen LogP contribution in [0.2, 0.25) is 0 Å². The normalized spacial score (nSPS) is 41.9. The maximum Gasteiger partial charge on any atom is 0.106 e. The molecule has 0 aromatic heterocycles. The van der Waals surface area contributed by atoms with Crippen molar-refractivity contribution in [3.63, 3.8) is 0 Å². The molecule has 0 spiro atoms. The minimum atomic E-state index is 0.267. The molecule has 30 heavy (non-hydrogen) atoms. The zero-order valence-corrected chi connectivity index (χ0v) is 20.1. The molecule has 6 atom stereocenters. The zero-order chi connectivity index (χ0) is 21.4. The van der Waals surface area contributed by atoms with Crippen molar-refractivity contribution in [3.05, 3.63) is 11.6 Å². The Morgan fingerprint density at radius 1 is 1.07 bits per heavy atom. The fraction of sp³-hybridized carbons (Fsp3) is 0.885. The molecular weight excluding hydrogens is 372 g/mol. The number of nitrogens with zero attached hydrogens (tertiary/aromatic N) is 2. The number of ether oxygens (including phenoxy) is 1. The Hall–Kier alpha value is -0.870. The minimum absolute atomic E-state index is 0.267. The molecule has 4 aliphatic carbocycles. The number of likely N-dealkylation sites (N-methyl/N-ethyl adjacent to an activating group) is 1. The van der Waals surface area contributed by atoms with Crippen LogP contribution in [0.25, 0.3) is 0 Å². The highest BCUT2D eigenvalue weighted by Gasteiger charge is 2.58. The highest BCUT2D eigenvalue weighted by Crippen LogP contribution is 2.64. The molecule has 0 amide bonds. The van der Waals surface area contributed by atoms with E-state index in [0.717, 1.165) is 56.8 Å². The smallest absolute Gasteiger partial charge is 0.106 e. The van der Waals surface area contributed by atoms with E-state index in [0.29, 0.717) is 11.5 Å². The molecule has 3 fully saturated rings. The third kappa shape index (κ3) is 3.77. The molecule has 6 unspecified atom stereocenters. The lowest BCUT2D eigenvalue weighted by atomic mass is 9.48. The topological polar surface area (TPSA) is 34.1 Å². The van der Waals surface area contributed by atoms with Gasteiger partial charge in [-0.1, -0.05) is 44.5 Å². The van der Waals surface area contributed by atoms with E-state index >= 15 is 0 Å². The predicted octanol–water partition coefficient (Wildman–Crippen LogP) is 5.68. The highest BCUT2D eigenvalue weighted by atomic mass is 16.6. The van der Waals surface area contributed by atoms with Gasteiger partial charge in [0.15, 0.2) is 0 Å². The van der Waals surface area contributed by atoms with E-state index in [1.165, 1.54) is 44.2 Å². The van der Waals surface area contributed by atoms with Gasteiger partial charge in [0, 0.05) is 12.0 Å². The van der Waals surface area contributed by atoms with Crippen LogP contribution in [0.15, 0.2) is 16.8 Å². The number of oxime groups is 1. The van der Waals surface area contributed by atoms with Crippen molar-refractivity contribution in [1.29, 1.82) is 0 Å². The summed E-state index contributed by atoms with van der Waals surface area (Å²) in [5.74, 6) is 2.44. The van der Waals surface area contributed by atoms with Crippen molar-refractivity contribution >= 4 is 5.71 Å². The molecule has 0 aromatic carbocycles. The number of hydrogen-bond donors (Lipinski definition) is 0. The van der Waals surface area contributed by atoms with Crippen molar-refractivity contribution < 1.29 is 9.57 Å². The first-order valence-corrected chi connectivity index (χ1v) is 12.6. The van der Waals surface area contributed by atoms with Crippen molar-refractivity contribution in [3.8, 4) is 0 Å². The third-order valence-electron chi connectivity index (χ3n) is 9.66. The standard InChI is InChI=1S/C26H44N2O2/c1-6-28(7-2)16-17-30-20-12-14-25(3)19(18-20)8-9-21-22-10-11-24(27-29-5)26(22,4)15-13-23(21)25/h8,20-23H,6-7,9-18H2,1-5H3/b27-24+. The molecule has 0 aliphatic heterocycles. The van der Waals surface area contributed by atoms with Gasteiger partial charge < -0.3 is 14.5 Å². The summed E-state index contributed by atoms with van der Waals surface area (Å²) >= 11 is 0. The van der Waals surface area contributed by atoms with Crippen molar-refractivity contribution in [1.82, 2.24) is 4.90 Å². The number of fused-ring (bicyclic) bond motifs is 5. The Bertz CT molecular complexity index is 670. The predicted molar refractivity (Wildman–Crippen MR) is 124 cm³/mol. The van der Waals surface area contributed by atoms with Gasteiger partial charge >= 0.3 is 0 Å². The molecule has 170 valence electrons. The molecule has 0 radical (unpaired) electrons. The molecule has 0 saturated heterocycles. The van der Waals surface area contributed by atoms with E-state index in [2.05, 4.69) is 43.8 Å². The summed E-state index contributed by atoms with van der Waals surface area (Å²) in [6, 6.07) is 0. The van der Waals surface area contributed by atoms with Gasteiger partial charge in [-0.3, -0.25) is 0 Å². The Labute approximate surface area is 184 Å². The van der Waals surface area contributed by atoms with Crippen LogP contribution < -0.4 is 0 Å². The lowest BCUT2D eigenvalue weighted by Gasteiger charge is -2.57. The quantitative estimate of drug-likeness (QED) is 0.395. The fourth-order valence-corrected chi connectivity index (χ4v) is 7.71. The summed E-state index contributed by atoms with van der Waals surface area (Å²) in [7, 11) is 1.70. The van der Waals surface area contributed by atoms with Gasteiger partial charge in [-0.2, -0.15) is 0 Å². The third-order valence-corrected chi connectivity index (χ3v) is 9.66. The minimum Gasteiger partial charge on any atom is -0.399 e. The van der Waals surface area contributed by atoms with E-state index in [1.807, 2.05) is 0 Å². The van der Waals surface area contributed by atoms with Crippen molar-refractivity contribution in [2.45, 2.75) is 85.2 Å². The maximum atomic E-state index is 6.36. The lowest BCUT2D eigenvalue weighted by Crippen LogP contribution is -2.50. The molecule has 4 rings (SSSR count). The SMILES string of the molecule is CCN(CC)CCOC1CCC2(C)C(=CCC3C2CCC2(C)/C(=N/OC)CCC32)C1. The second kappa shape index (κ2) is 8.94. The Balaban J connectivity index is 1.43. The van der Waals surface area contributed by atoms with Gasteiger partial charge in [0.2, 0.25) is 0 Å². The zero-order valence-electron chi connectivity index (χ0n) is 20.1. The van der Waals surface area contributed by atoms with Crippen molar-refractivity contribution in [2.24, 2.45) is 33.7 Å². The van der Waals surface area contributed by atoms with E-state index in [-0.39, 0.29) is 5.41 Å². The Morgan fingerprint density at radius 2 is 1.80 bits per heavy atom. The van der Waals surface area contributed by atoms with Gasteiger partial charge in [0.1, 0.15) is 7.11 Å². The van der Waals surface area contributed by atoms with Crippen LogP contribution in [0.4, 0.5) is 0 Å². The number of allylic oxidation sites excluding steroid dienone is 1. The van der Waals surface area contributed by atoms with Gasteiger partial charge in [0.25, 0.3) is 0 Å². The summed E-state index contributed by atoms with van der Waals surface area (Å²) in [4.78, 5) is 7.67. The molecule has 4 aliphatic rings.